The van der Waals surface area contributed by atoms with Gasteiger partial charge in [0.1, 0.15) is 0 Å². The predicted octanol–water partition coefficient (Wildman–Crippen LogP) is 4.76. The molecule has 1 saturated heterocycles. The molecular weight excluding hydrogens is 568 g/mol. The maximum absolute atomic E-state index is 12.4. The molecule has 6 heterocycles. The number of carboxylic acids is 1. The molecule has 0 amide bonds. The van der Waals surface area contributed by atoms with Gasteiger partial charge in [-0.2, -0.15) is 0 Å². The number of piperidine rings is 1. The minimum atomic E-state index is -1.06. The first-order chi connectivity index (χ1) is 21.9. The summed E-state index contributed by atoms with van der Waals surface area (Å²) in [7, 11) is 3.63. The molecule has 1 fully saturated rings. The van der Waals surface area contributed by atoms with Crippen molar-refractivity contribution in [1.29, 1.82) is 0 Å². The summed E-state index contributed by atoms with van der Waals surface area (Å²) in [5.41, 5.74) is 8.29. The summed E-state index contributed by atoms with van der Waals surface area (Å²) in [6.07, 6.45) is 10.1. The van der Waals surface area contributed by atoms with Gasteiger partial charge in [0.15, 0.2) is 11.5 Å². The van der Waals surface area contributed by atoms with Crippen molar-refractivity contribution in [3.8, 4) is 11.3 Å². The van der Waals surface area contributed by atoms with E-state index in [0.29, 0.717) is 5.92 Å². The molecule has 0 atom stereocenters. The van der Waals surface area contributed by atoms with E-state index < -0.39 is 5.97 Å². The number of carboxylic acid groups (broad SMARTS) is 1. The molecule has 11 nitrogen and oxygen atoms in total. The van der Waals surface area contributed by atoms with Crippen LogP contribution in [0.1, 0.15) is 47.4 Å². The largest absolute Gasteiger partial charge is 0.476 e. The summed E-state index contributed by atoms with van der Waals surface area (Å²) in [4.78, 5) is 37.6. The molecule has 4 aromatic heterocycles. The highest BCUT2D eigenvalue weighted by Crippen LogP contribution is 2.36. The molecule has 2 aliphatic heterocycles. The third kappa shape index (κ3) is 5.54. The zero-order chi connectivity index (χ0) is 31.1. The minimum Gasteiger partial charge on any atom is -0.476 e. The Balaban J connectivity index is 0.980. The molecule has 0 saturated carbocycles. The van der Waals surface area contributed by atoms with Crippen LogP contribution in [-0.4, -0.2) is 60.0 Å². The predicted molar refractivity (Wildman–Crippen MR) is 173 cm³/mol. The van der Waals surface area contributed by atoms with E-state index in [9.17, 15) is 9.59 Å². The van der Waals surface area contributed by atoms with Crippen LogP contribution < -0.4 is 15.5 Å². The first-order valence-corrected chi connectivity index (χ1v) is 15.5. The van der Waals surface area contributed by atoms with Gasteiger partial charge in [-0.15, -0.1) is 10.2 Å². The molecule has 5 aromatic rings. The number of hydrogen-bond acceptors (Lipinski definition) is 8. The lowest BCUT2D eigenvalue weighted by atomic mass is 9.91. The summed E-state index contributed by atoms with van der Waals surface area (Å²) in [6.45, 7) is 2.68. The lowest BCUT2D eigenvalue weighted by molar-refractivity contribution is 0.0689. The van der Waals surface area contributed by atoms with Crippen LogP contribution in [0.2, 0.25) is 0 Å². The van der Waals surface area contributed by atoms with Crippen LogP contribution in [0, 0.1) is 5.92 Å². The third-order valence-corrected chi connectivity index (χ3v) is 9.39. The molecule has 2 aliphatic rings. The highest BCUT2D eigenvalue weighted by Gasteiger charge is 2.23. The fourth-order valence-corrected chi connectivity index (χ4v) is 6.70. The molecular formula is C34H36N8O3. The second-order valence-corrected chi connectivity index (χ2v) is 12.1. The first-order valence-electron chi connectivity index (χ1n) is 15.5. The summed E-state index contributed by atoms with van der Waals surface area (Å²) >= 11 is 0. The van der Waals surface area contributed by atoms with E-state index in [1.54, 1.807) is 15.2 Å². The number of hydrogen-bond donors (Lipinski definition) is 1. The lowest BCUT2D eigenvalue weighted by Crippen LogP contribution is -2.34. The number of aryl methyl sites for hydroxylation is 4. The van der Waals surface area contributed by atoms with E-state index in [-0.39, 0.29) is 11.4 Å². The molecule has 7 rings (SSSR count). The van der Waals surface area contributed by atoms with Crippen molar-refractivity contribution in [1.82, 2.24) is 29.3 Å². The number of aromatic nitrogens is 6. The molecule has 45 heavy (non-hydrogen) atoms. The Morgan fingerprint density at radius 2 is 1.73 bits per heavy atom. The number of fused-ring (bicyclic) bond motifs is 2. The molecule has 0 aliphatic carbocycles. The number of pyridine rings is 2. The Morgan fingerprint density at radius 1 is 0.911 bits per heavy atom. The topological polar surface area (TPSA) is 122 Å². The average molecular weight is 605 g/mol. The molecule has 0 unspecified atom stereocenters. The van der Waals surface area contributed by atoms with Crippen LogP contribution in [0.4, 0.5) is 17.2 Å². The SMILES string of the molecule is Cn1c(=O)n(C)c2cc(N3CCCc4cc(-c5ccc(CCC6CCN(c7ccc(C(=O)O)nn7)CC6)nc5)ncc43)ccc21. The van der Waals surface area contributed by atoms with E-state index in [1.807, 2.05) is 32.6 Å². The quantitative estimate of drug-likeness (QED) is 0.280. The van der Waals surface area contributed by atoms with E-state index in [4.69, 9.17) is 15.1 Å². The monoisotopic (exact) mass is 604 g/mol. The molecule has 1 N–H and O–H groups in total. The number of aromatic carboxylic acids is 1. The maximum atomic E-state index is 12.4. The zero-order valence-corrected chi connectivity index (χ0v) is 25.6. The number of imidazole rings is 1. The van der Waals surface area contributed by atoms with Gasteiger partial charge in [0, 0.05) is 56.9 Å². The van der Waals surface area contributed by atoms with E-state index >= 15 is 0 Å². The van der Waals surface area contributed by atoms with Crippen LogP contribution in [-0.2, 0) is 26.9 Å². The third-order valence-electron chi connectivity index (χ3n) is 9.39. The van der Waals surface area contributed by atoms with Crippen molar-refractivity contribution in [2.45, 2.75) is 38.5 Å². The average Bonchev–Trinajstić information content (AvgIpc) is 3.30. The first kappa shape index (κ1) is 28.7. The van der Waals surface area contributed by atoms with E-state index in [0.717, 1.165) is 103 Å². The van der Waals surface area contributed by atoms with Gasteiger partial charge in [-0.25, -0.2) is 9.59 Å². The molecule has 0 spiro atoms. The van der Waals surface area contributed by atoms with Gasteiger partial charge in [0.05, 0.1) is 28.6 Å². The highest BCUT2D eigenvalue weighted by molar-refractivity contribution is 5.85. The second-order valence-electron chi connectivity index (χ2n) is 12.1. The Kier molecular flexibility index (Phi) is 7.52. The summed E-state index contributed by atoms with van der Waals surface area (Å²) in [5, 5.41) is 17.0. The normalized spacial score (nSPS) is 15.4. The van der Waals surface area contributed by atoms with Gasteiger partial charge in [-0.1, -0.05) is 0 Å². The van der Waals surface area contributed by atoms with Gasteiger partial charge in [-0.3, -0.25) is 19.1 Å². The molecule has 0 radical (unpaired) electrons. The number of carbonyl (C=O) groups is 1. The Labute approximate surface area is 260 Å². The highest BCUT2D eigenvalue weighted by atomic mass is 16.4. The fourth-order valence-electron chi connectivity index (χ4n) is 6.70. The van der Waals surface area contributed by atoms with Gasteiger partial charge in [0.2, 0.25) is 0 Å². The van der Waals surface area contributed by atoms with E-state index in [2.05, 4.69) is 50.3 Å². The van der Waals surface area contributed by atoms with Crippen molar-refractivity contribution in [2.75, 3.05) is 29.4 Å². The lowest BCUT2D eigenvalue weighted by Gasteiger charge is -2.32. The van der Waals surface area contributed by atoms with Crippen LogP contribution in [0.5, 0.6) is 0 Å². The van der Waals surface area contributed by atoms with Crippen molar-refractivity contribution in [3.05, 3.63) is 88.4 Å². The van der Waals surface area contributed by atoms with Crippen molar-refractivity contribution in [2.24, 2.45) is 20.0 Å². The summed E-state index contributed by atoms with van der Waals surface area (Å²) < 4.78 is 3.39. The number of rotatable bonds is 7. The van der Waals surface area contributed by atoms with Gasteiger partial charge >= 0.3 is 11.7 Å². The molecule has 1 aromatic carbocycles. The van der Waals surface area contributed by atoms with Gasteiger partial charge in [-0.05, 0) is 98.5 Å². The fraction of sp³-hybridized carbons (Fsp3) is 0.353. The van der Waals surface area contributed by atoms with Crippen LogP contribution in [0.25, 0.3) is 22.3 Å². The van der Waals surface area contributed by atoms with Gasteiger partial charge in [0.25, 0.3) is 0 Å². The minimum absolute atomic E-state index is 0.0211. The zero-order valence-electron chi connectivity index (χ0n) is 25.6. The maximum Gasteiger partial charge on any atom is 0.356 e. The van der Waals surface area contributed by atoms with Gasteiger partial charge < -0.3 is 14.9 Å². The Hall–Kier alpha value is -5.06. The van der Waals surface area contributed by atoms with E-state index in [1.165, 1.54) is 11.6 Å². The van der Waals surface area contributed by atoms with Crippen LogP contribution in [0.15, 0.2) is 65.7 Å². The Bertz CT molecular complexity index is 1920. The standard InChI is InChI=1S/C34H36N8O3/c1-39-29-11-9-26(19-30(29)40(2)34(39)45)42-15-3-4-23-18-28(36-21-31(23)42)24-6-8-25(35-20-24)7-5-22-13-16-41(17-14-22)32-12-10-27(33(43)44)37-38-32/h6,8-12,18-22H,3-5,7,13-17H2,1-2H3,(H,43,44). The summed E-state index contributed by atoms with van der Waals surface area (Å²) in [5.74, 6) is 0.293. The van der Waals surface area contributed by atoms with Crippen molar-refractivity contribution >= 4 is 34.2 Å². The van der Waals surface area contributed by atoms with Crippen LogP contribution in [0.3, 0.4) is 0 Å². The number of benzene rings is 1. The smallest absolute Gasteiger partial charge is 0.356 e. The summed E-state index contributed by atoms with van der Waals surface area (Å²) in [6, 6.07) is 15.9. The molecule has 0 bridgehead atoms. The number of anilines is 3. The Morgan fingerprint density at radius 3 is 2.47 bits per heavy atom. The molecule has 230 valence electrons. The number of nitrogens with zero attached hydrogens (tertiary/aromatic N) is 8. The van der Waals surface area contributed by atoms with Crippen LogP contribution >= 0.6 is 0 Å². The second kappa shape index (κ2) is 11.8. The van der Waals surface area contributed by atoms with Crippen molar-refractivity contribution in [3.63, 3.8) is 0 Å². The van der Waals surface area contributed by atoms with Crippen molar-refractivity contribution < 1.29 is 9.90 Å². The molecule has 11 heteroatoms.